The third-order valence-corrected chi connectivity index (χ3v) is 5.51. The minimum Gasteiger partial charge on any atom is -0.480 e. The van der Waals surface area contributed by atoms with E-state index in [0.29, 0.717) is 12.0 Å². The number of carboxylic acid groups (broad SMARTS) is 2. The predicted molar refractivity (Wildman–Crippen MR) is 119 cm³/mol. The Morgan fingerprint density at radius 3 is 2.00 bits per heavy atom. The van der Waals surface area contributed by atoms with Crippen molar-refractivity contribution < 1.29 is 24.6 Å². The number of hydrogen-bond acceptors (Lipinski definition) is 4. The molecule has 164 valence electrons. The Hall–Kier alpha value is -2.02. The van der Waals surface area contributed by atoms with Gasteiger partial charge in [-0.05, 0) is 60.3 Å². The van der Waals surface area contributed by atoms with Gasteiger partial charge in [-0.1, -0.05) is 34.9 Å². The van der Waals surface area contributed by atoms with E-state index in [-0.39, 0.29) is 6.42 Å². The van der Waals surface area contributed by atoms with Crippen LogP contribution >= 0.6 is 11.8 Å². The van der Waals surface area contributed by atoms with E-state index in [4.69, 9.17) is 0 Å². The van der Waals surface area contributed by atoms with Gasteiger partial charge in [0.25, 0.3) is 0 Å². The predicted octanol–water partition coefficient (Wildman–Crippen LogP) is 5.51. The Morgan fingerprint density at radius 2 is 1.52 bits per heavy atom. The Kier molecular flexibility index (Phi) is 13.9. The zero-order valence-corrected chi connectivity index (χ0v) is 19.0. The normalized spacial score (nSPS) is 14.1. The van der Waals surface area contributed by atoms with Crippen LogP contribution in [0.3, 0.4) is 0 Å². The first-order valence-corrected chi connectivity index (χ1v) is 10.9. The minimum absolute atomic E-state index is 0.360. The van der Waals surface area contributed by atoms with Gasteiger partial charge in [0.15, 0.2) is 0 Å². The molecule has 0 saturated heterocycles. The van der Waals surface area contributed by atoms with Gasteiger partial charge in [0.2, 0.25) is 0 Å². The highest BCUT2D eigenvalue weighted by molar-refractivity contribution is 7.99. The fraction of sp³-hybridized carbons (Fsp3) is 0.591. The Balaban J connectivity index is 4.59. The van der Waals surface area contributed by atoms with E-state index in [1.165, 1.54) is 28.5 Å². The number of rotatable bonds is 14. The maximum absolute atomic E-state index is 11.5. The molecular weight excluding hydrogens is 390 g/mol. The first kappa shape index (κ1) is 27.0. The molecule has 0 radical (unpaired) electrons. The first-order chi connectivity index (χ1) is 13.6. The van der Waals surface area contributed by atoms with Crippen LogP contribution in [0.5, 0.6) is 0 Å². The second-order valence-corrected chi connectivity index (χ2v) is 8.69. The van der Waals surface area contributed by atoms with E-state index in [9.17, 15) is 24.6 Å². The molecule has 1 amide bonds. The summed E-state index contributed by atoms with van der Waals surface area (Å²) in [6, 6.07) is -1.36. The maximum atomic E-state index is 11.5. The lowest BCUT2D eigenvalue weighted by Gasteiger charge is -2.30. The van der Waals surface area contributed by atoms with Crippen LogP contribution < -0.4 is 0 Å². The van der Waals surface area contributed by atoms with Gasteiger partial charge < -0.3 is 15.0 Å². The molecular formula is C22H35NO5S. The van der Waals surface area contributed by atoms with Crippen LogP contribution in [0.2, 0.25) is 0 Å². The molecule has 6 nitrogen and oxygen atoms in total. The van der Waals surface area contributed by atoms with Crippen LogP contribution in [0, 0.1) is 0 Å². The summed E-state index contributed by atoms with van der Waals surface area (Å²) in [4.78, 5) is 34.3. The van der Waals surface area contributed by atoms with E-state index in [1.54, 1.807) is 6.92 Å². The molecule has 0 aliphatic heterocycles. The van der Waals surface area contributed by atoms with Gasteiger partial charge in [-0.25, -0.2) is 9.59 Å². The highest BCUT2D eigenvalue weighted by Crippen LogP contribution is 2.21. The minimum atomic E-state index is -1.36. The lowest BCUT2D eigenvalue weighted by Crippen LogP contribution is -2.48. The van der Waals surface area contributed by atoms with Gasteiger partial charge in [-0.15, -0.1) is 11.8 Å². The van der Waals surface area contributed by atoms with Crippen molar-refractivity contribution in [2.75, 3.05) is 5.75 Å². The molecule has 0 bridgehead atoms. The van der Waals surface area contributed by atoms with Crippen molar-refractivity contribution in [1.82, 2.24) is 4.90 Å². The summed E-state index contributed by atoms with van der Waals surface area (Å²) >= 11 is 1.33. The van der Waals surface area contributed by atoms with E-state index in [2.05, 4.69) is 32.9 Å². The van der Waals surface area contributed by atoms with Crippen molar-refractivity contribution in [3.63, 3.8) is 0 Å². The van der Waals surface area contributed by atoms with Crippen molar-refractivity contribution >= 4 is 30.1 Å². The molecule has 0 aliphatic carbocycles. The third-order valence-electron chi connectivity index (χ3n) is 4.44. The van der Waals surface area contributed by atoms with Crippen LogP contribution in [-0.4, -0.2) is 50.6 Å². The number of aldehydes is 1. The molecule has 0 saturated carbocycles. The molecule has 7 heteroatoms. The first-order valence-electron chi connectivity index (χ1n) is 9.84. The van der Waals surface area contributed by atoms with Crippen LogP contribution in [-0.2, 0) is 9.59 Å². The average molecular weight is 426 g/mol. The molecule has 0 aromatic rings. The molecule has 0 rings (SSSR count). The van der Waals surface area contributed by atoms with Crippen LogP contribution in [0.4, 0.5) is 4.79 Å². The summed E-state index contributed by atoms with van der Waals surface area (Å²) in [5.74, 6) is -0.738. The summed E-state index contributed by atoms with van der Waals surface area (Å²) in [6.07, 6.45) is 9.31. The average Bonchev–Trinajstić information content (AvgIpc) is 2.60. The molecule has 0 aromatic carbocycles. The number of carbonyl (C=O) groups excluding carboxylic acids is 1. The van der Waals surface area contributed by atoms with Crippen molar-refractivity contribution in [3.05, 3.63) is 34.9 Å². The number of thioether (sulfide) groups is 1. The smallest absolute Gasteiger partial charge is 0.408 e. The Labute approximate surface area is 178 Å². The molecule has 0 aromatic heterocycles. The van der Waals surface area contributed by atoms with E-state index >= 15 is 0 Å². The van der Waals surface area contributed by atoms with Gasteiger partial charge in [0.05, 0.1) is 5.37 Å². The third kappa shape index (κ3) is 12.2. The Morgan fingerprint density at radius 1 is 0.966 bits per heavy atom. The monoisotopic (exact) mass is 425 g/mol. The molecule has 1 unspecified atom stereocenters. The molecule has 0 heterocycles. The number of aliphatic carboxylic acids is 1. The lowest BCUT2D eigenvalue weighted by atomic mass is 10.1. The number of hydrogen-bond donors (Lipinski definition) is 2. The number of nitrogens with zero attached hydrogens (tertiary/aromatic N) is 1. The number of allylic oxidation sites excluding steroid dienone is 5. The Bertz CT molecular complexity index is 635. The van der Waals surface area contributed by atoms with Gasteiger partial charge >= 0.3 is 12.1 Å². The van der Waals surface area contributed by atoms with E-state index in [1.807, 2.05) is 13.0 Å². The fourth-order valence-electron chi connectivity index (χ4n) is 2.72. The largest absolute Gasteiger partial charge is 0.480 e. The number of carbonyl (C=O) groups is 3. The van der Waals surface area contributed by atoms with Crippen molar-refractivity contribution in [3.8, 4) is 0 Å². The zero-order valence-electron chi connectivity index (χ0n) is 18.2. The molecule has 2 atom stereocenters. The molecule has 29 heavy (non-hydrogen) atoms. The SMILES string of the molecule is CC(C)=CCC/C(C)=C/CC/C(C)=C/CS[C@@H](C)N(C(=O)O)C(CC=O)C(=O)O. The van der Waals surface area contributed by atoms with E-state index < -0.39 is 23.5 Å². The summed E-state index contributed by atoms with van der Waals surface area (Å²) in [5.41, 5.74) is 3.93. The van der Waals surface area contributed by atoms with E-state index in [0.717, 1.165) is 30.6 Å². The van der Waals surface area contributed by atoms with Gasteiger partial charge in [0, 0.05) is 12.2 Å². The summed E-state index contributed by atoms with van der Waals surface area (Å²) < 4.78 is 0. The highest BCUT2D eigenvalue weighted by atomic mass is 32.2. The quantitative estimate of drug-likeness (QED) is 0.216. The van der Waals surface area contributed by atoms with Gasteiger partial charge in [-0.3, -0.25) is 4.90 Å². The van der Waals surface area contributed by atoms with Crippen LogP contribution in [0.1, 0.15) is 66.7 Å². The van der Waals surface area contributed by atoms with Gasteiger partial charge in [0.1, 0.15) is 12.3 Å². The van der Waals surface area contributed by atoms with Crippen molar-refractivity contribution in [1.29, 1.82) is 0 Å². The zero-order chi connectivity index (χ0) is 22.4. The van der Waals surface area contributed by atoms with Gasteiger partial charge in [-0.2, -0.15) is 0 Å². The summed E-state index contributed by atoms with van der Waals surface area (Å²) in [6.45, 7) is 10.0. The summed E-state index contributed by atoms with van der Waals surface area (Å²) in [7, 11) is 0. The lowest BCUT2D eigenvalue weighted by molar-refractivity contribution is -0.143. The number of amides is 1. The standard InChI is InChI=1S/C22H35NO5S/c1-16(2)8-6-9-17(3)10-7-11-18(4)13-15-29-19(5)23(22(27)28)20(12-14-24)21(25)26/h8,10,13-14,19-20H,6-7,9,11-12,15H2,1-5H3,(H,25,26)(H,27,28)/b17-10+,18-13+/t19-,20?/m0/s1. The maximum Gasteiger partial charge on any atom is 0.408 e. The van der Waals surface area contributed by atoms with Crippen molar-refractivity contribution in [2.24, 2.45) is 0 Å². The molecule has 0 aliphatic rings. The fourth-order valence-corrected chi connectivity index (χ4v) is 3.77. The molecule has 0 spiro atoms. The van der Waals surface area contributed by atoms with Crippen LogP contribution in [0.15, 0.2) is 34.9 Å². The van der Waals surface area contributed by atoms with Crippen molar-refractivity contribution in [2.45, 2.75) is 78.1 Å². The van der Waals surface area contributed by atoms with Crippen LogP contribution in [0.25, 0.3) is 0 Å². The molecule has 0 fully saturated rings. The highest BCUT2D eigenvalue weighted by Gasteiger charge is 2.33. The second-order valence-electron chi connectivity index (χ2n) is 7.34. The summed E-state index contributed by atoms with van der Waals surface area (Å²) in [5, 5.41) is 18.0. The topological polar surface area (TPSA) is 94.9 Å². The molecule has 2 N–H and O–H groups in total. The number of carboxylic acids is 1. The second kappa shape index (κ2) is 14.9.